The Hall–Kier alpha value is -2.67. The highest BCUT2D eigenvalue weighted by Crippen LogP contribution is 2.23. The first-order valence-corrected chi connectivity index (χ1v) is 6.43. The summed E-state index contributed by atoms with van der Waals surface area (Å²) in [5.74, 6) is -0.185. The molecule has 0 saturated heterocycles. The molecule has 8 heteroatoms. The van der Waals surface area contributed by atoms with Gasteiger partial charge in [-0.1, -0.05) is 11.6 Å². The number of H-pyrrole nitrogens is 1. The Labute approximate surface area is 123 Å². The maximum absolute atomic E-state index is 11.0. The summed E-state index contributed by atoms with van der Waals surface area (Å²) in [5.41, 5.74) is 2.65. The van der Waals surface area contributed by atoms with Crippen molar-refractivity contribution < 1.29 is 9.59 Å². The number of aldehydes is 1. The average Bonchev–Trinajstić information content (AvgIpc) is 3.00. The molecular formula is C13H10ClN5O2. The van der Waals surface area contributed by atoms with E-state index < -0.39 is 5.91 Å². The Kier molecular flexibility index (Phi) is 3.19. The van der Waals surface area contributed by atoms with Gasteiger partial charge in [0.1, 0.15) is 5.02 Å². The number of amides is 1. The number of aryl methyl sites for hydroxylation is 1. The molecule has 1 aromatic carbocycles. The van der Waals surface area contributed by atoms with Crippen molar-refractivity contribution in [2.75, 3.05) is 5.32 Å². The molecule has 2 N–H and O–H groups in total. The summed E-state index contributed by atoms with van der Waals surface area (Å²) >= 11 is 6.11. The lowest BCUT2D eigenvalue weighted by molar-refractivity contribution is -0.127. The molecule has 0 saturated carbocycles. The SMILES string of the molecule is Cc1[nH]n2nc(-c3ccc(NC(=O)C=O)cc3)nc2c1Cl. The standard InChI is InChI=1S/C13H10ClN5O2/c1-7-11(14)13-16-12(18-19(13)17-7)8-2-4-9(5-3-8)15-10(21)6-20/h2-6,17H,1H3,(H,15,21). The van der Waals surface area contributed by atoms with Crippen molar-refractivity contribution in [1.29, 1.82) is 0 Å². The highest BCUT2D eigenvalue weighted by molar-refractivity contribution is 6.34. The van der Waals surface area contributed by atoms with Gasteiger partial charge in [-0.3, -0.25) is 14.7 Å². The first-order valence-electron chi connectivity index (χ1n) is 6.06. The summed E-state index contributed by atoms with van der Waals surface area (Å²) in [6.07, 6.45) is 0.220. The van der Waals surface area contributed by atoms with E-state index in [9.17, 15) is 9.59 Å². The van der Waals surface area contributed by atoms with Crippen molar-refractivity contribution in [3.8, 4) is 11.4 Å². The second-order valence-electron chi connectivity index (χ2n) is 4.41. The number of aromatic amines is 1. The Bertz CT molecular complexity index is 834. The third-order valence-corrected chi connectivity index (χ3v) is 3.38. The van der Waals surface area contributed by atoms with Crippen LogP contribution in [0.25, 0.3) is 17.0 Å². The van der Waals surface area contributed by atoms with Crippen LogP contribution in [0, 0.1) is 6.92 Å². The molecule has 0 fully saturated rings. The van der Waals surface area contributed by atoms with Crippen LogP contribution in [0.2, 0.25) is 5.02 Å². The Balaban J connectivity index is 1.91. The molecule has 1 amide bonds. The van der Waals surface area contributed by atoms with Crippen molar-refractivity contribution in [1.82, 2.24) is 19.8 Å². The number of fused-ring (bicyclic) bond motifs is 1. The fourth-order valence-corrected chi connectivity index (χ4v) is 2.07. The predicted molar refractivity (Wildman–Crippen MR) is 77.2 cm³/mol. The van der Waals surface area contributed by atoms with Crippen molar-refractivity contribution in [3.63, 3.8) is 0 Å². The molecule has 106 valence electrons. The predicted octanol–water partition coefficient (Wildman–Crippen LogP) is 1.82. The lowest BCUT2D eigenvalue weighted by atomic mass is 10.2. The number of carbonyl (C=O) groups is 2. The van der Waals surface area contributed by atoms with Crippen LogP contribution in [0.5, 0.6) is 0 Å². The highest BCUT2D eigenvalue weighted by atomic mass is 35.5. The van der Waals surface area contributed by atoms with E-state index in [2.05, 4.69) is 20.5 Å². The normalized spacial score (nSPS) is 10.8. The number of benzene rings is 1. The molecular weight excluding hydrogens is 294 g/mol. The minimum absolute atomic E-state index is 0.220. The lowest BCUT2D eigenvalue weighted by Gasteiger charge is -2.01. The van der Waals surface area contributed by atoms with Crippen molar-refractivity contribution in [3.05, 3.63) is 35.0 Å². The van der Waals surface area contributed by atoms with E-state index in [-0.39, 0.29) is 6.29 Å². The third kappa shape index (κ3) is 2.38. The summed E-state index contributed by atoms with van der Waals surface area (Å²) in [6.45, 7) is 1.84. The van der Waals surface area contributed by atoms with Gasteiger partial charge in [0, 0.05) is 11.3 Å². The van der Waals surface area contributed by atoms with Gasteiger partial charge in [0.2, 0.25) is 6.29 Å². The van der Waals surface area contributed by atoms with Crippen molar-refractivity contribution in [2.24, 2.45) is 0 Å². The van der Waals surface area contributed by atoms with Crippen LogP contribution in [0.4, 0.5) is 5.69 Å². The zero-order valence-electron chi connectivity index (χ0n) is 10.9. The smallest absolute Gasteiger partial charge is 0.288 e. The number of rotatable bonds is 3. The maximum Gasteiger partial charge on any atom is 0.288 e. The van der Waals surface area contributed by atoms with Gasteiger partial charge in [0.25, 0.3) is 5.91 Å². The molecule has 0 aliphatic rings. The summed E-state index contributed by atoms with van der Waals surface area (Å²) in [4.78, 5) is 25.6. The van der Waals surface area contributed by atoms with Gasteiger partial charge in [-0.25, -0.2) is 4.98 Å². The molecule has 0 bridgehead atoms. The van der Waals surface area contributed by atoms with Gasteiger partial charge >= 0.3 is 0 Å². The zero-order chi connectivity index (χ0) is 15.0. The summed E-state index contributed by atoms with van der Waals surface area (Å²) in [6, 6.07) is 6.82. The van der Waals surface area contributed by atoms with E-state index in [1.165, 1.54) is 4.63 Å². The fraction of sp³-hybridized carbons (Fsp3) is 0.0769. The zero-order valence-corrected chi connectivity index (χ0v) is 11.7. The van der Waals surface area contributed by atoms with Gasteiger partial charge in [-0.2, -0.15) is 4.63 Å². The Morgan fingerprint density at radius 1 is 1.38 bits per heavy atom. The van der Waals surface area contributed by atoms with Gasteiger partial charge in [0.15, 0.2) is 11.5 Å². The van der Waals surface area contributed by atoms with Gasteiger partial charge in [-0.05, 0) is 31.2 Å². The monoisotopic (exact) mass is 303 g/mol. The number of carbonyl (C=O) groups excluding carboxylic acids is 2. The molecule has 0 aliphatic heterocycles. The lowest BCUT2D eigenvalue weighted by Crippen LogP contribution is -2.11. The van der Waals surface area contributed by atoms with Crippen LogP contribution in [-0.2, 0) is 9.59 Å². The molecule has 0 aliphatic carbocycles. The van der Waals surface area contributed by atoms with E-state index in [0.29, 0.717) is 22.2 Å². The Morgan fingerprint density at radius 2 is 2.10 bits per heavy atom. The first-order chi connectivity index (χ1) is 10.1. The van der Waals surface area contributed by atoms with Crippen LogP contribution in [0.15, 0.2) is 24.3 Å². The van der Waals surface area contributed by atoms with Crippen molar-refractivity contribution in [2.45, 2.75) is 6.92 Å². The molecule has 0 radical (unpaired) electrons. The van der Waals surface area contributed by atoms with E-state index in [1.807, 2.05) is 6.92 Å². The largest absolute Gasteiger partial charge is 0.320 e. The molecule has 3 rings (SSSR count). The number of nitrogens with zero attached hydrogens (tertiary/aromatic N) is 3. The van der Waals surface area contributed by atoms with Crippen LogP contribution >= 0.6 is 11.6 Å². The maximum atomic E-state index is 11.0. The summed E-state index contributed by atoms with van der Waals surface area (Å²) < 4.78 is 1.51. The summed E-state index contributed by atoms with van der Waals surface area (Å²) in [5, 5.41) is 10.2. The third-order valence-electron chi connectivity index (χ3n) is 2.92. The molecule has 0 spiro atoms. The van der Waals surface area contributed by atoms with Crippen LogP contribution < -0.4 is 5.32 Å². The second-order valence-corrected chi connectivity index (χ2v) is 4.78. The molecule has 3 aromatic rings. The second kappa shape index (κ2) is 5.02. The number of nitrogens with one attached hydrogen (secondary N) is 2. The molecule has 21 heavy (non-hydrogen) atoms. The highest BCUT2D eigenvalue weighted by Gasteiger charge is 2.13. The van der Waals surface area contributed by atoms with Crippen molar-refractivity contribution >= 4 is 35.1 Å². The minimum Gasteiger partial charge on any atom is -0.320 e. The van der Waals surface area contributed by atoms with Crippen LogP contribution in [-0.4, -0.2) is 32.0 Å². The molecule has 2 aromatic heterocycles. The first kappa shape index (κ1) is 13.3. The van der Waals surface area contributed by atoms with E-state index in [0.717, 1.165) is 11.3 Å². The van der Waals surface area contributed by atoms with Gasteiger partial charge in [-0.15, -0.1) is 5.10 Å². The number of hydrogen-bond acceptors (Lipinski definition) is 4. The average molecular weight is 304 g/mol. The Morgan fingerprint density at radius 3 is 2.71 bits per heavy atom. The quantitative estimate of drug-likeness (QED) is 0.570. The molecule has 0 unspecified atom stereocenters. The van der Waals surface area contributed by atoms with E-state index in [1.54, 1.807) is 24.3 Å². The van der Waals surface area contributed by atoms with E-state index in [4.69, 9.17) is 11.6 Å². The van der Waals surface area contributed by atoms with E-state index >= 15 is 0 Å². The number of hydrogen-bond donors (Lipinski definition) is 2. The van der Waals surface area contributed by atoms with Gasteiger partial charge < -0.3 is 5.32 Å². The summed E-state index contributed by atoms with van der Waals surface area (Å²) in [7, 11) is 0. The van der Waals surface area contributed by atoms with Gasteiger partial charge in [0.05, 0.1) is 5.69 Å². The minimum atomic E-state index is -0.696. The number of aromatic nitrogens is 4. The molecule has 0 atom stereocenters. The van der Waals surface area contributed by atoms with Crippen LogP contribution in [0.1, 0.15) is 5.69 Å². The fourth-order valence-electron chi connectivity index (χ4n) is 1.90. The van der Waals surface area contributed by atoms with Crippen LogP contribution in [0.3, 0.4) is 0 Å². The topological polar surface area (TPSA) is 92.2 Å². The number of halogens is 1. The number of anilines is 1. The molecule has 7 nitrogen and oxygen atoms in total. The molecule has 2 heterocycles.